The van der Waals surface area contributed by atoms with Crippen LogP contribution < -0.4 is 10.1 Å². The fourth-order valence-electron chi connectivity index (χ4n) is 1.99. The maximum Gasteiger partial charge on any atom is 0.270 e. The van der Waals surface area contributed by atoms with Crippen molar-refractivity contribution in [2.75, 3.05) is 11.9 Å². The molecule has 0 aliphatic heterocycles. The molecule has 112 valence electrons. The molecule has 1 N–H and O–H groups in total. The third-order valence-corrected chi connectivity index (χ3v) is 3.08. The van der Waals surface area contributed by atoms with Gasteiger partial charge in [-0.25, -0.2) is 0 Å². The predicted molar refractivity (Wildman–Crippen MR) is 81.6 cm³/mol. The summed E-state index contributed by atoms with van der Waals surface area (Å²) in [6, 6.07) is 13.6. The Morgan fingerprint density at radius 3 is 2.82 bits per heavy atom. The molecule has 7 nitrogen and oxygen atoms in total. The van der Waals surface area contributed by atoms with Crippen LogP contribution in [0.2, 0.25) is 0 Å². The quantitative estimate of drug-likeness (QED) is 0.777. The highest BCUT2D eigenvalue weighted by molar-refractivity contribution is 5.90. The number of anilines is 1. The summed E-state index contributed by atoms with van der Waals surface area (Å²) >= 11 is 0. The fraction of sp³-hybridized carbons (Fsp3) is 0.200. The van der Waals surface area contributed by atoms with Gasteiger partial charge in [-0.15, -0.1) is 5.10 Å². The molecule has 22 heavy (non-hydrogen) atoms. The monoisotopic (exact) mass is 297 g/mol. The number of rotatable bonds is 5. The number of carbonyl (C=O) groups is 1. The minimum absolute atomic E-state index is 0.112. The van der Waals surface area contributed by atoms with Crippen LogP contribution in [0.1, 0.15) is 6.92 Å². The number of fused-ring (bicyclic) bond motifs is 1. The number of nitrogens with zero attached hydrogens (tertiary/aromatic N) is 4. The Morgan fingerprint density at radius 1 is 1.23 bits per heavy atom. The Hall–Kier alpha value is -2.96. The first-order valence-corrected chi connectivity index (χ1v) is 6.94. The first-order chi connectivity index (χ1) is 10.7. The Bertz CT molecular complexity index is 799. The second kappa shape index (κ2) is 6.21. The lowest BCUT2D eigenvalue weighted by Gasteiger charge is -2.06. The Kier molecular flexibility index (Phi) is 3.95. The van der Waals surface area contributed by atoms with E-state index in [1.807, 2.05) is 49.4 Å². The van der Waals surface area contributed by atoms with Crippen molar-refractivity contribution in [3.8, 4) is 5.75 Å². The van der Waals surface area contributed by atoms with Crippen molar-refractivity contribution in [3.63, 3.8) is 0 Å². The number of aryl methyl sites for hydroxylation is 1. The molecule has 0 fully saturated rings. The molecule has 3 rings (SSSR count). The molecule has 0 aliphatic carbocycles. The highest BCUT2D eigenvalue weighted by Crippen LogP contribution is 2.20. The molecule has 1 amide bonds. The number of ether oxygens (including phenoxy) is 1. The van der Waals surface area contributed by atoms with Gasteiger partial charge in [0.05, 0.1) is 6.54 Å². The Labute approximate surface area is 126 Å². The van der Waals surface area contributed by atoms with E-state index in [4.69, 9.17) is 4.74 Å². The molecule has 0 bridgehead atoms. The van der Waals surface area contributed by atoms with Gasteiger partial charge in [0.2, 0.25) is 0 Å². The van der Waals surface area contributed by atoms with Crippen molar-refractivity contribution in [2.24, 2.45) is 0 Å². The van der Waals surface area contributed by atoms with Crippen LogP contribution in [0.4, 0.5) is 5.95 Å². The van der Waals surface area contributed by atoms with Gasteiger partial charge in [0.25, 0.3) is 11.9 Å². The average Bonchev–Trinajstić information content (AvgIpc) is 3.00. The third-order valence-electron chi connectivity index (χ3n) is 3.08. The molecule has 2 aromatic carbocycles. The van der Waals surface area contributed by atoms with Gasteiger partial charge in [0.1, 0.15) is 5.75 Å². The summed E-state index contributed by atoms with van der Waals surface area (Å²) in [6.45, 7) is 2.37. The number of tetrazole rings is 1. The topological polar surface area (TPSA) is 81.9 Å². The second-order valence-corrected chi connectivity index (χ2v) is 4.65. The van der Waals surface area contributed by atoms with Crippen LogP contribution in [-0.2, 0) is 11.3 Å². The van der Waals surface area contributed by atoms with Crippen LogP contribution in [0.15, 0.2) is 42.5 Å². The molecule has 0 spiro atoms. The number of aromatic nitrogens is 4. The zero-order valence-electron chi connectivity index (χ0n) is 12.1. The van der Waals surface area contributed by atoms with E-state index >= 15 is 0 Å². The minimum Gasteiger partial charge on any atom is -0.484 e. The zero-order valence-corrected chi connectivity index (χ0v) is 12.1. The molecular weight excluding hydrogens is 282 g/mol. The van der Waals surface area contributed by atoms with Crippen molar-refractivity contribution in [1.29, 1.82) is 0 Å². The summed E-state index contributed by atoms with van der Waals surface area (Å²) in [6.07, 6.45) is 0. The maximum absolute atomic E-state index is 11.8. The highest BCUT2D eigenvalue weighted by Gasteiger charge is 2.08. The normalized spacial score (nSPS) is 10.6. The number of hydrogen-bond donors (Lipinski definition) is 1. The van der Waals surface area contributed by atoms with Gasteiger partial charge in [-0.05, 0) is 35.0 Å². The van der Waals surface area contributed by atoms with Crippen molar-refractivity contribution in [1.82, 2.24) is 20.2 Å². The molecule has 0 unspecified atom stereocenters. The molecule has 0 saturated heterocycles. The number of amides is 1. The molecule has 1 heterocycles. The molecule has 0 radical (unpaired) electrons. The van der Waals surface area contributed by atoms with Crippen molar-refractivity contribution >= 4 is 22.6 Å². The van der Waals surface area contributed by atoms with E-state index in [0.717, 1.165) is 10.8 Å². The molecular formula is C15H15N5O2. The number of hydrogen-bond acceptors (Lipinski definition) is 5. The van der Waals surface area contributed by atoms with E-state index in [9.17, 15) is 4.79 Å². The number of benzene rings is 2. The van der Waals surface area contributed by atoms with Crippen LogP contribution in [0, 0.1) is 0 Å². The molecule has 1 aromatic heterocycles. The average molecular weight is 297 g/mol. The Morgan fingerprint density at radius 2 is 2.05 bits per heavy atom. The van der Waals surface area contributed by atoms with Crippen LogP contribution >= 0.6 is 0 Å². The van der Waals surface area contributed by atoms with Gasteiger partial charge >= 0.3 is 0 Å². The van der Waals surface area contributed by atoms with Gasteiger partial charge in [-0.3, -0.25) is 10.1 Å². The smallest absolute Gasteiger partial charge is 0.270 e. The van der Waals surface area contributed by atoms with E-state index < -0.39 is 0 Å². The SMILES string of the molecule is CCn1nnc(NC(=O)COc2ccc3ccccc3c2)n1. The van der Waals surface area contributed by atoms with Gasteiger partial charge in [-0.2, -0.15) is 4.80 Å². The van der Waals surface area contributed by atoms with Crippen LogP contribution in [0.5, 0.6) is 5.75 Å². The predicted octanol–water partition coefficient (Wildman–Crippen LogP) is 1.86. The zero-order chi connectivity index (χ0) is 15.4. The van der Waals surface area contributed by atoms with Crippen molar-refractivity contribution < 1.29 is 9.53 Å². The summed E-state index contributed by atoms with van der Waals surface area (Å²) in [4.78, 5) is 13.2. The number of nitrogens with one attached hydrogen (secondary N) is 1. The van der Waals surface area contributed by atoms with Gasteiger partial charge < -0.3 is 4.74 Å². The summed E-state index contributed by atoms with van der Waals surface area (Å²) in [7, 11) is 0. The maximum atomic E-state index is 11.8. The van der Waals surface area contributed by atoms with E-state index in [-0.39, 0.29) is 18.5 Å². The van der Waals surface area contributed by atoms with Gasteiger partial charge in [0, 0.05) is 0 Å². The number of carbonyl (C=O) groups excluding carboxylic acids is 1. The fourth-order valence-corrected chi connectivity index (χ4v) is 1.99. The molecule has 7 heteroatoms. The van der Waals surface area contributed by atoms with Crippen molar-refractivity contribution in [2.45, 2.75) is 13.5 Å². The van der Waals surface area contributed by atoms with Gasteiger partial charge in [0.15, 0.2) is 6.61 Å². The minimum atomic E-state index is -0.330. The van der Waals surface area contributed by atoms with Crippen molar-refractivity contribution in [3.05, 3.63) is 42.5 Å². The van der Waals surface area contributed by atoms with Crippen LogP contribution in [-0.4, -0.2) is 32.7 Å². The van der Waals surface area contributed by atoms with Crippen LogP contribution in [0.3, 0.4) is 0 Å². The lowest BCUT2D eigenvalue weighted by molar-refractivity contribution is -0.118. The van der Waals surface area contributed by atoms with E-state index in [0.29, 0.717) is 12.3 Å². The second-order valence-electron chi connectivity index (χ2n) is 4.65. The lowest BCUT2D eigenvalue weighted by Crippen LogP contribution is -2.21. The summed E-state index contributed by atoms with van der Waals surface area (Å²) in [5.41, 5.74) is 0. The Balaban J connectivity index is 1.59. The summed E-state index contributed by atoms with van der Waals surface area (Å²) < 4.78 is 5.49. The molecule has 0 aliphatic rings. The van der Waals surface area contributed by atoms with Crippen LogP contribution in [0.25, 0.3) is 10.8 Å². The standard InChI is InChI=1S/C15H15N5O2/c1-2-20-18-15(17-19-20)16-14(21)10-22-13-8-7-11-5-3-4-6-12(11)9-13/h3-9H,2,10H2,1H3,(H,16,18,21). The third kappa shape index (κ3) is 3.20. The summed E-state index contributed by atoms with van der Waals surface area (Å²) in [5, 5.41) is 16.2. The van der Waals surface area contributed by atoms with E-state index in [1.54, 1.807) is 0 Å². The van der Waals surface area contributed by atoms with E-state index in [2.05, 4.69) is 20.7 Å². The molecule has 3 aromatic rings. The van der Waals surface area contributed by atoms with E-state index in [1.165, 1.54) is 4.80 Å². The lowest BCUT2D eigenvalue weighted by atomic mass is 10.1. The highest BCUT2D eigenvalue weighted by atomic mass is 16.5. The first kappa shape index (κ1) is 14.0. The molecule has 0 saturated carbocycles. The first-order valence-electron chi connectivity index (χ1n) is 6.94. The molecule has 0 atom stereocenters. The van der Waals surface area contributed by atoms with Gasteiger partial charge in [-0.1, -0.05) is 35.4 Å². The summed E-state index contributed by atoms with van der Waals surface area (Å²) in [5.74, 6) is 0.483. The largest absolute Gasteiger partial charge is 0.484 e.